The molecule has 0 aromatic carbocycles. The van der Waals surface area contributed by atoms with Gasteiger partial charge in [0.1, 0.15) is 5.84 Å². The molecular weight excluding hydrogens is 200 g/mol. The normalized spacial score (nSPS) is 14.1. The lowest BCUT2D eigenvalue weighted by atomic mass is 10.2. The standard InChI is InChI=1S/C9H20N2O2S/c1-4-6-7-9(10-8-5-2)11(3)14(12)13/h4-8H2,1-3H3,(H,12,13)/p-1. The van der Waals surface area contributed by atoms with Gasteiger partial charge in [0.15, 0.2) is 0 Å². The fraction of sp³-hybridized carbons (Fsp3) is 0.889. The van der Waals surface area contributed by atoms with Crippen molar-refractivity contribution >= 4 is 17.1 Å². The molecular formula is C9H19N2O2S-. The molecule has 0 radical (unpaired) electrons. The van der Waals surface area contributed by atoms with Crippen LogP contribution in [0.1, 0.15) is 39.5 Å². The Morgan fingerprint density at radius 2 is 2.07 bits per heavy atom. The number of unbranched alkanes of at least 4 members (excludes halogenated alkanes) is 1. The van der Waals surface area contributed by atoms with Gasteiger partial charge < -0.3 is 4.55 Å². The predicted octanol–water partition coefficient (Wildman–Crippen LogP) is 1.71. The van der Waals surface area contributed by atoms with E-state index in [0.29, 0.717) is 12.4 Å². The van der Waals surface area contributed by atoms with Gasteiger partial charge in [-0.05, 0) is 12.8 Å². The second kappa shape index (κ2) is 7.94. The average Bonchev–Trinajstić information content (AvgIpc) is 2.17. The minimum Gasteiger partial charge on any atom is -0.755 e. The predicted molar refractivity (Wildman–Crippen MR) is 58.8 cm³/mol. The van der Waals surface area contributed by atoms with E-state index in [1.807, 2.05) is 6.92 Å². The van der Waals surface area contributed by atoms with Crippen molar-refractivity contribution in [3.05, 3.63) is 0 Å². The van der Waals surface area contributed by atoms with Crippen molar-refractivity contribution in [3.8, 4) is 0 Å². The van der Waals surface area contributed by atoms with Gasteiger partial charge in [0.05, 0.1) is 0 Å². The van der Waals surface area contributed by atoms with Crippen molar-refractivity contribution in [1.82, 2.24) is 4.31 Å². The Morgan fingerprint density at radius 3 is 2.50 bits per heavy atom. The molecule has 14 heavy (non-hydrogen) atoms. The van der Waals surface area contributed by atoms with Crippen LogP contribution in [0.4, 0.5) is 0 Å². The number of rotatable bonds is 6. The molecule has 0 spiro atoms. The lowest BCUT2D eigenvalue weighted by Gasteiger charge is -2.23. The molecule has 0 aromatic rings. The van der Waals surface area contributed by atoms with E-state index in [-0.39, 0.29) is 0 Å². The SMILES string of the molecule is CCCCC(=NCCC)N(C)S(=O)[O-]. The highest BCUT2D eigenvalue weighted by molar-refractivity contribution is 7.77. The molecule has 5 heteroatoms. The summed E-state index contributed by atoms with van der Waals surface area (Å²) in [4.78, 5) is 4.25. The topological polar surface area (TPSA) is 55.7 Å². The summed E-state index contributed by atoms with van der Waals surface area (Å²) in [5.74, 6) is 0.669. The van der Waals surface area contributed by atoms with Crippen LogP contribution in [-0.2, 0) is 11.3 Å². The molecule has 1 unspecified atom stereocenters. The van der Waals surface area contributed by atoms with Gasteiger partial charge in [-0.1, -0.05) is 20.3 Å². The van der Waals surface area contributed by atoms with E-state index >= 15 is 0 Å². The van der Waals surface area contributed by atoms with Crippen molar-refractivity contribution in [2.75, 3.05) is 13.6 Å². The Labute approximate surface area is 88.8 Å². The van der Waals surface area contributed by atoms with Gasteiger partial charge in [0, 0.05) is 31.3 Å². The highest BCUT2D eigenvalue weighted by atomic mass is 32.2. The molecule has 0 N–H and O–H groups in total. The maximum absolute atomic E-state index is 10.7. The van der Waals surface area contributed by atoms with Crippen LogP contribution in [0, 0.1) is 0 Å². The lowest BCUT2D eigenvalue weighted by Crippen LogP contribution is -2.28. The molecule has 0 aliphatic heterocycles. The summed E-state index contributed by atoms with van der Waals surface area (Å²) < 4.78 is 22.6. The maximum Gasteiger partial charge on any atom is 0.109 e. The van der Waals surface area contributed by atoms with Crippen molar-refractivity contribution in [3.63, 3.8) is 0 Å². The summed E-state index contributed by atoms with van der Waals surface area (Å²) in [7, 11) is 1.53. The summed E-state index contributed by atoms with van der Waals surface area (Å²) in [6, 6.07) is 0. The monoisotopic (exact) mass is 219 g/mol. The first kappa shape index (κ1) is 13.6. The van der Waals surface area contributed by atoms with Crippen LogP contribution in [0.3, 0.4) is 0 Å². The van der Waals surface area contributed by atoms with Crippen molar-refractivity contribution < 1.29 is 8.76 Å². The van der Waals surface area contributed by atoms with Crippen molar-refractivity contribution in [1.29, 1.82) is 0 Å². The lowest BCUT2D eigenvalue weighted by molar-refractivity contribution is 0.492. The third-order valence-corrected chi connectivity index (χ3v) is 2.52. The molecule has 0 rings (SSSR count). The summed E-state index contributed by atoms with van der Waals surface area (Å²) >= 11 is -2.19. The molecule has 0 saturated heterocycles. The smallest absolute Gasteiger partial charge is 0.109 e. The Morgan fingerprint density at radius 1 is 1.43 bits per heavy atom. The number of hydrogen-bond donors (Lipinski definition) is 0. The van der Waals surface area contributed by atoms with Gasteiger partial charge in [-0.2, -0.15) is 0 Å². The molecule has 4 nitrogen and oxygen atoms in total. The summed E-state index contributed by atoms with van der Waals surface area (Å²) in [6.07, 6.45) is 3.70. The number of amidine groups is 1. The number of nitrogens with zero attached hydrogens (tertiary/aromatic N) is 2. The first-order chi connectivity index (χ1) is 6.63. The van der Waals surface area contributed by atoms with E-state index in [2.05, 4.69) is 11.9 Å². The molecule has 1 atom stereocenters. The Balaban J connectivity index is 4.29. The highest BCUT2D eigenvalue weighted by Gasteiger charge is 2.05. The second-order valence-electron chi connectivity index (χ2n) is 3.12. The number of hydrogen-bond acceptors (Lipinski definition) is 3. The third kappa shape index (κ3) is 5.34. The van der Waals surface area contributed by atoms with Crippen LogP contribution in [0.15, 0.2) is 4.99 Å². The van der Waals surface area contributed by atoms with Crippen LogP contribution in [0.25, 0.3) is 0 Å². The minimum absolute atomic E-state index is 0.669. The van der Waals surface area contributed by atoms with E-state index in [9.17, 15) is 8.76 Å². The van der Waals surface area contributed by atoms with Gasteiger partial charge in [-0.25, -0.2) is 0 Å². The molecule has 0 fully saturated rings. The van der Waals surface area contributed by atoms with E-state index in [1.54, 1.807) is 0 Å². The van der Waals surface area contributed by atoms with Crippen LogP contribution in [0.5, 0.6) is 0 Å². The first-order valence-corrected chi connectivity index (χ1v) is 6.03. The van der Waals surface area contributed by atoms with E-state index in [1.165, 1.54) is 11.4 Å². The molecule has 0 heterocycles. The molecule has 0 aliphatic rings. The highest BCUT2D eigenvalue weighted by Crippen LogP contribution is 2.03. The fourth-order valence-electron chi connectivity index (χ4n) is 0.998. The van der Waals surface area contributed by atoms with E-state index in [0.717, 1.165) is 25.7 Å². The second-order valence-corrected chi connectivity index (χ2v) is 4.10. The number of aliphatic imine (C=N–C) groups is 1. The zero-order valence-corrected chi connectivity index (χ0v) is 9.97. The van der Waals surface area contributed by atoms with Crippen LogP contribution in [-0.4, -0.2) is 32.5 Å². The summed E-state index contributed by atoms with van der Waals surface area (Å²) in [5.41, 5.74) is 0. The van der Waals surface area contributed by atoms with Crippen molar-refractivity contribution in [2.45, 2.75) is 39.5 Å². The molecule has 84 valence electrons. The minimum atomic E-state index is -2.19. The largest absolute Gasteiger partial charge is 0.755 e. The quantitative estimate of drug-likeness (QED) is 0.388. The molecule has 0 bridgehead atoms. The van der Waals surface area contributed by atoms with Crippen LogP contribution < -0.4 is 0 Å². The fourth-order valence-corrected chi connectivity index (χ4v) is 1.32. The summed E-state index contributed by atoms with van der Waals surface area (Å²) in [6.45, 7) is 4.79. The Kier molecular flexibility index (Phi) is 7.70. The van der Waals surface area contributed by atoms with Gasteiger partial charge in [-0.15, -0.1) is 0 Å². The van der Waals surface area contributed by atoms with Gasteiger partial charge >= 0.3 is 0 Å². The molecule has 0 amide bonds. The van der Waals surface area contributed by atoms with Crippen LogP contribution >= 0.6 is 0 Å². The van der Waals surface area contributed by atoms with E-state index in [4.69, 9.17) is 0 Å². The zero-order chi connectivity index (χ0) is 11.0. The average molecular weight is 219 g/mol. The first-order valence-electron chi connectivity index (χ1n) is 4.99. The zero-order valence-electron chi connectivity index (χ0n) is 9.15. The third-order valence-electron chi connectivity index (χ3n) is 1.86. The Hall–Kier alpha value is -0.420. The molecule has 0 saturated carbocycles. The maximum atomic E-state index is 10.7. The van der Waals surface area contributed by atoms with Crippen LogP contribution in [0.2, 0.25) is 0 Å². The Bertz CT molecular complexity index is 207. The van der Waals surface area contributed by atoms with Gasteiger partial charge in [0.25, 0.3) is 0 Å². The molecule has 0 aliphatic carbocycles. The molecule has 0 aromatic heterocycles. The van der Waals surface area contributed by atoms with Crippen molar-refractivity contribution in [2.24, 2.45) is 4.99 Å². The van der Waals surface area contributed by atoms with E-state index < -0.39 is 11.3 Å². The van der Waals surface area contributed by atoms with Gasteiger partial charge in [-0.3, -0.25) is 13.5 Å². The van der Waals surface area contributed by atoms with Gasteiger partial charge in [0.2, 0.25) is 0 Å². The summed E-state index contributed by atoms with van der Waals surface area (Å²) in [5, 5.41) is 0.